The van der Waals surface area contributed by atoms with E-state index in [4.69, 9.17) is 15.5 Å². The van der Waals surface area contributed by atoms with Crippen LogP contribution in [0.2, 0.25) is 0 Å². The number of aromatic carboxylic acids is 2. The van der Waals surface area contributed by atoms with E-state index in [9.17, 15) is 9.59 Å². The Morgan fingerprint density at radius 1 is 0.969 bits per heavy atom. The molecule has 174 valence electrons. The van der Waals surface area contributed by atoms with Crippen molar-refractivity contribution >= 4 is 11.9 Å². The fourth-order valence-corrected chi connectivity index (χ4v) is 3.25. The van der Waals surface area contributed by atoms with Gasteiger partial charge in [-0.2, -0.15) is 5.26 Å². The summed E-state index contributed by atoms with van der Waals surface area (Å²) in [6.45, 7) is 4.16. The van der Waals surface area contributed by atoms with Crippen molar-refractivity contribution in [2.75, 3.05) is 0 Å². The number of carboxylic acids is 2. The number of rotatable bonds is 13. The molecule has 0 saturated heterocycles. The predicted octanol–water partition coefficient (Wildman–Crippen LogP) is 6.19. The summed E-state index contributed by atoms with van der Waals surface area (Å²) in [5.74, 6) is -1.51. The predicted molar refractivity (Wildman–Crippen MR) is 124 cm³/mol. The Labute approximate surface area is 190 Å². The molecule has 0 saturated carbocycles. The Hall–Kier alpha value is -3.14. The van der Waals surface area contributed by atoms with Gasteiger partial charge in [-0.1, -0.05) is 70.4 Å². The van der Waals surface area contributed by atoms with E-state index in [-0.39, 0.29) is 17.0 Å². The maximum absolute atomic E-state index is 10.5. The highest BCUT2D eigenvalue weighted by molar-refractivity contribution is 6.01. The number of aromatic amines is 1. The molecule has 0 aliphatic heterocycles. The van der Waals surface area contributed by atoms with Crippen LogP contribution in [0.25, 0.3) is 0 Å². The molecule has 0 fully saturated rings. The number of nitriles is 1. The van der Waals surface area contributed by atoms with Crippen molar-refractivity contribution < 1.29 is 19.8 Å². The number of aryl methyl sites for hydroxylation is 1. The van der Waals surface area contributed by atoms with Crippen LogP contribution in [-0.4, -0.2) is 32.1 Å². The van der Waals surface area contributed by atoms with E-state index in [2.05, 4.69) is 23.0 Å². The zero-order valence-electron chi connectivity index (χ0n) is 19.1. The van der Waals surface area contributed by atoms with Crippen LogP contribution in [0.3, 0.4) is 0 Å². The van der Waals surface area contributed by atoms with Gasteiger partial charge in [-0.25, -0.2) is 14.6 Å². The molecular weight excluding hydrogens is 406 g/mol. The Balaban J connectivity index is 0.000000363. The van der Waals surface area contributed by atoms with Gasteiger partial charge in [0.15, 0.2) is 0 Å². The molecule has 0 aliphatic rings. The summed E-state index contributed by atoms with van der Waals surface area (Å²) in [5.41, 5.74) is 0.563. The van der Waals surface area contributed by atoms with Crippen molar-refractivity contribution in [1.29, 1.82) is 5.26 Å². The van der Waals surface area contributed by atoms with Crippen LogP contribution in [0.5, 0.6) is 0 Å². The molecule has 0 amide bonds. The van der Waals surface area contributed by atoms with Crippen molar-refractivity contribution in [2.24, 2.45) is 0 Å². The van der Waals surface area contributed by atoms with Crippen molar-refractivity contribution in [1.82, 2.24) is 9.97 Å². The van der Waals surface area contributed by atoms with E-state index in [1.54, 1.807) is 6.20 Å². The van der Waals surface area contributed by atoms with Gasteiger partial charge in [0.2, 0.25) is 0 Å². The second-order valence-electron chi connectivity index (χ2n) is 7.87. The molecule has 1 aromatic carbocycles. The molecular formula is C25H35N3O4. The number of imidazole rings is 1. The number of nitrogens with zero attached hydrogens (tertiary/aromatic N) is 2. The quantitative estimate of drug-likeness (QED) is 0.318. The summed E-state index contributed by atoms with van der Waals surface area (Å²) < 4.78 is 0. The molecule has 0 bridgehead atoms. The highest BCUT2D eigenvalue weighted by Gasteiger charge is 2.13. The van der Waals surface area contributed by atoms with Crippen LogP contribution in [0.15, 0.2) is 30.5 Å². The Kier molecular flexibility index (Phi) is 13.1. The van der Waals surface area contributed by atoms with Crippen molar-refractivity contribution in [3.63, 3.8) is 0 Å². The minimum absolute atomic E-state index is 0.0839. The van der Waals surface area contributed by atoms with Gasteiger partial charge >= 0.3 is 11.9 Å². The van der Waals surface area contributed by atoms with Crippen LogP contribution < -0.4 is 0 Å². The van der Waals surface area contributed by atoms with Gasteiger partial charge < -0.3 is 15.2 Å². The number of benzene rings is 1. The Morgan fingerprint density at radius 3 is 1.94 bits per heavy atom. The number of unbranched alkanes of at least 4 members (excludes halogenated alkanes) is 8. The van der Waals surface area contributed by atoms with Crippen LogP contribution in [0.1, 0.15) is 110 Å². The van der Waals surface area contributed by atoms with E-state index >= 15 is 0 Å². The van der Waals surface area contributed by atoms with Gasteiger partial charge in [-0.15, -0.1) is 0 Å². The number of H-pyrrole nitrogens is 1. The topological polar surface area (TPSA) is 127 Å². The number of aromatic nitrogens is 2. The number of hydrogen-bond acceptors (Lipinski definition) is 4. The molecule has 0 radical (unpaired) electrons. The molecule has 2 aromatic rings. The number of carboxylic acid groups (broad SMARTS) is 2. The van der Waals surface area contributed by atoms with Crippen molar-refractivity contribution in [3.05, 3.63) is 53.1 Å². The first-order chi connectivity index (χ1) is 15.4. The summed E-state index contributed by atoms with van der Waals surface area (Å²) in [6, 6.07) is 7.70. The number of carbonyl (C=O) groups is 2. The fraction of sp³-hybridized carbons (Fsp3) is 0.520. The van der Waals surface area contributed by atoms with Crippen molar-refractivity contribution in [2.45, 2.75) is 84.0 Å². The second kappa shape index (κ2) is 15.6. The molecule has 1 atom stereocenters. The summed E-state index contributed by atoms with van der Waals surface area (Å²) in [6.07, 6.45) is 14.9. The van der Waals surface area contributed by atoms with Crippen molar-refractivity contribution in [3.8, 4) is 6.07 Å². The van der Waals surface area contributed by atoms with E-state index in [1.165, 1.54) is 82.1 Å². The average Bonchev–Trinajstić information content (AvgIpc) is 3.26. The lowest BCUT2D eigenvalue weighted by Crippen LogP contribution is -2.06. The highest BCUT2D eigenvalue weighted by atomic mass is 16.4. The zero-order valence-corrected chi connectivity index (χ0v) is 19.1. The summed E-state index contributed by atoms with van der Waals surface area (Å²) in [7, 11) is 0. The minimum Gasteiger partial charge on any atom is -0.478 e. The van der Waals surface area contributed by atoms with Gasteiger partial charge in [0, 0.05) is 12.6 Å². The average molecular weight is 442 g/mol. The van der Waals surface area contributed by atoms with Gasteiger partial charge in [-0.05, 0) is 25.5 Å². The molecule has 1 heterocycles. The lowest BCUT2D eigenvalue weighted by atomic mass is 10.1. The Morgan fingerprint density at radius 2 is 1.47 bits per heavy atom. The first kappa shape index (κ1) is 26.9. The number of hydrogen-bond donors (Lipinski definition) is 3. The lowest BCUT2D eigenvalue weighted by molar-refractivity contribution is 0.0651. The molecule has 32 heavy (non-hydrogen) atoms. The van der Waals surface area contributed by atoms with Crippen LogP contribution in [0.4, 0.5) is 0 Å². The summed E-state index contributed by atoms with van der Waals surface area (Å²) in [5, 5.41) is 26.0. The Bertz CT molecular complexity index is 837. The standard InChI is InChI=1S/C17H29N3.C8H6O4/c1-3-4-5-6-7-8-9-10-11-12-17-19-14-16(20-17)15(2)13-18;9-7(10)5-3-1-2-4-6(5)8(11)12/h14-15H,3-12H2,1-2H3,(H,19,20);1-4H,(H,9,10)(H,11,12). The summed E-state index contributed by atoms with van der Waals surface area (Å²) in [4.78, 5) is 28.5. The second-order valence-corrected chi connectivity index (χ2v) is 7.87. The van der Waals surface area contributed by atoms with E-state index in [0.717, 1.165) is 17.9 Å². The third-order valence-corrected chi connectivity index (χ3v) is 5.21. The first-order valence-corrected chi connectivity index (χ1v) is 11.4. The molecule has 7 nitrogen and oxygen atoms in total. The molecule has 0 aliphatic carbocycles. The third kappa shape index (κ3) is 10.3. The molecule has 7 heteroatoms. The van der Waals surface area contributed by atoms with Crippen LogP contribution >= 0.6 is 0 Å². The molecule has 0 spiro atoms. The zero-order chi connectivity index (χ0) is 23.8. The minimum atomic E-state index is -1.23. The maximum Gasteiger partial charge on any atom is 0.336 e. The smallest absolute Gasteiger partial charge is 0.336 e. The molecule has 1 aromatic heterocycles. The van der Waals surface area contributed by atoms with Gasteiger partial charge in [0.25, 0.3) is 0 Å². The van der Waals surface area contributed by atoms with Crippen LogP contribution in [-0.2, 0) is 6.42 Å². The highest BCUT2D eigenvalue weighted by Crippen LogP contribution is 2.14. The molecule has 2 rings (SSSR count). The van der Waals surface area contributed by atoms with Crippen LogP contribution in [0, 0.1) is 11.3 Å². The molecule has 3 N–H and O–H groups in total. The summed E-state index contributed by atoms with van der Waals surface area (Å²) >= 11 is 0. The fourth-order valence-electron chi connectivity index (χ4n) is 3.25. The monoisotopic (exact) mass is 441 g/mol. The number of nitrogens with one attached hydrogen (secondary N) is 1. The van der Waals surface area contributed by atoms with E-state index in [1.807, 2.05) is 6.92 Å². The van der Waals surface area contributed by atoms with Gasteiger partial charge in [0.1, 0.15) is 5.82 Å². The van der Waals surface area contributed by atoms with E-state index in [0.29, 0.717) is 0 Å². The van der Waals surface area contributed by atoms with Gasteiger partial charge in [-0.3, -0.25) is 0 Å². The van der Waals surface area contributed by atoms with E-state index < -0.39 is 11.9 Å². The first-order valence-electron chi connectivity index (χ1n) is 11.4. The molecule has 1 unspecified atom stereocenters. The maximum atomic E-state index is 10.5. The third-order valence-electron chi connectivity index (χ3n) is 5.21. The lowest BCUT2D eigenvalue weighted by Gasteiger charge is -2.01. The normalized spacial score (nSPS) is 11.2. The van der Waals surface area contributed by atoms with Gasteiger partial charge in [0.05, 0.1) is 28.8 Å². The SMILES string of the molecule is CCCCCCCCCCCc1ncc(C(C)C#N)[nH]1.O=C(O)c1ccccc1C(=O)O. The largest absolute Gasteiger partial charge is 0.478 e.